The Labute approximate surface area is 148 Å². The highest BCUT2D eigenvalue weighted by molar-refractivity contribution is 5.75. The number of primary amides is 1. The van der Waals surface area contributed by atoms with Crippen LogP contribution in [0.4, 0.5) is 0 Å². The Kier molecular flexibility index (Phi) is 4.53. The van der Waals surface area contributed by atoms with Crippen molar-refractivity contribution in [3.63, 3.8) is 0 Å². The van der Waals surface area contributed by atoms with Gasteiger partial charge in [0.05, 0.1) is 12.6 Å². The van der Waals surface area contributed by atoms with Crippen LogP contribution in [0.1, 0.15) is 18.0 Å². The van der Waals surface area contributed by atoms with Crippen molar-refractivity contribution in [2.24, 2.45) is 11.7 Å². The van der Waals surface area contributed by atoms with Crippen LogP contribution in [0.5, 0.6) is 0 Å². The third-order valence-corrected chi connectivity index (χ3v) is 5.35. The molecule has 2 saturated heterocycles. The summed E-state index contributed by atoms with van der Waals surface area (Å²) in [6.07, 6.45) is 1.03. The van der Waals surface area contributed by atoms with Gasteiger partial charge in [-0.1, -0.05) is 54.6 Å². The lowest BCUT2D eigenvalue weighted by Gasteiger charge is -2.35. The van der Waals surface area contributed by atoms with Crippen LogP contribution >= 0.6 is 0 Å². The second-order valence-corrected chi connectivity index (χ2v) is 7.01. The molecule has 130 valence electrons. The van der Waals surface area contributed by atoms with Crippen molar-refractivity contribution in [2.45, 2.75) is 18.5 Å². The van der Waals surface area contributed by atoms with Gasteiger partial charge in [0, 0.05) is 25.0 Å². The zero-order valence-corrected chi connectivity index (χ0v) is 14.2. The predicted molar refractivity (Wildman–Crippen MR) is 98.4 cm³/mol. The summed E-state index contributed by atoms with van der Waals surface area (Å²) in [6, 6.07) is 19.9. The Bertz CT molecular complexity index is 731. The minimum absolute atomic E-state index is 0.249. The van der Waals surface area contributed by atoms with Crippen LogP contribution in [0.15, 0.2) is 54.6 Å². The first kappa shape index (κ1) is 16.3. The normalized spacial score (nSPS) is 26.3. The van der Waals surface area contributed by atoms with Crippen molar-refractivity contribution >= 4 is 5.91 Å². The summed E-state index contributed by atoms with van der Waals surface area (Å²) in [5.41, 5.74) is 16.0. The number of fused-ring (bicyclic) bond motifs is 1. The number of nitrogens with zero attached hydrogens (tertiary/aromatic N) is 1. The van der Waals surface area contributed by atoms with Gasteiger partial charge >= 0.3 is 0 Å². The number of hydrazine groups is 1. The average molecular weight is 336 g/mol. The van der Waals surface area contributed by atoms with Gasteiger partial charge in [-0.2, -0.15) is 0 Å². The number of nitrogens with one attached hydrogen (secondary N) is 2. The second-order valence-electron chi connectivity index (χ2n) is 7.01. The summed E-state index contributed by atoms with van der Waals surface area (Å²) < 4.78 is 0. The fourth-order valence-electron chi connectivity index (χ4n) is 4.08. The lowest BCUT2D eigenvalue weighted by atomic mass is 9.84. The maximum atomic E-state index is 11.2. The van der Waals surface area contributed by atoms with Gasteiger partial charge < -0.3 is 5.73 Å². The maximum Gasteiger partial charge on any atom is 0.231 e. The summed E-state index contributed by atoms with van der Waals surface area (Å²) in [4.78, 5) is 13.4. The first-order valence-electron chi connectivity index (χ1n) is 8.88. The van der Waals surface area contributed by atoms with Crippen LogP contribution in [-0.4, -0.2) is 36.5 Å². The smallest absolute Gasteiger partial charge is 0.231 e. The fourth-order valence-corrected chi connectivity index (χ4v) is 4.08. The van der Waals surface area contributed by atoms with E-state index in [0.717, 1.165) is 19.5 Å². The second kappa shape index (κ2) is 6.96. The molecule has 2 aromatic rings. The quantitative estimate of drug-likeness (QED) is 0.794. The van der Waals surface area contributed by atoms with Crippen molar-refractivity contribution in [3.8, 4) is 11.1 Å². The molecule has 4 rings (SSSR count). The number of carbonyl (C=O) groups excluding carboxylic acids is 1. The highest BCUT2D eigenvalue weighted by atomic mass is 16.1. The Hall–Kier alpha value is -2.21. The predicted octanol–water partition coefficient (Wildman–Crippen LogP) is 1.68. The molecule has 2 aliphatic heterocycles. The Morgan fingerprint density at radius 1 is 1.04 bits per heavy atom. The lowest BCUT2D eigenvalue weighted by molar-refractivity contribution is -0.119. The van der Waals surface area contributed by atoms with Crippen molar-refractivity contribution in [1.29, 1.82) is 0 Å². The minimum atomic E-state index is -0.249. The number of piperidine rings is 1. The molecular formula is C20H24N4O. The van der Waals surface area contributed by atoms with E-state index in [-0.39, 0.29) is 11.9 Å². The molecule has 2 aromatic carbocycles. The number of carbonyl (C=O) groups is 1. The standard InChI is InChI=1S/C20H24N4O/c21-19(25)13-24-11-10-18-17(12-24)20(23-22-18)16-8-6-15(7-9-16)14-4-2-1-3-5-14/h1-9,17-18,20,22-23H,10-13H2,(H2,21,25). The molecule has 2 heterocycles. The van der Waals surface area contributed by atoms with E-state index in [0.29, 0.717) is 18.5 Å². The first-order valence-corrected chi connectivity index (χ1v) is 8.88. The van der Waals surface area contributed by atoms with Gasteiger partial charge in [0.25, 0.3) is 0 Å². The topological polar surface area (TPSA) is 70.4 Å². The lowest BCUT2D eigenvalue weighted by Crippen LogP contribution is -2.47. The van der Waals surface area contributed by atoms with Gasteiger partial charge in [-0.05, 0) is 23.1 Å². The van der Waals surface area contributed by atoms with Gasteiger partial charge in [-0.25, -0.2) is 5.43 Å². The summed E-state index contributed by atoms with van der Waals surface area (Å²) in [7, 11) is 0. The highest BCUT2D eigenvalue weighted by Crippen LogP contribution is 2.34. The molecule has 0 aromatic heterocycles. The molecule has 5 heteroatoms. The first-order chi connectivity index (χ1) is 12.2. The number of likely N-dealkylation sites (tertiary alicyclic amines) is 1. The summed E-state index contributed by atoms with van der Waals surface area (Å²) in [5.74, 6) is 0.191. The molecule has 2 fully saturated rings. The van der Waals surface area contributed by atoms with Crippen LogP contribution in [0.2, 0.25) is 0 Å². The summed E-state index contributed by atoms with van der Waals surface area (Å²) in [6.45, 7) is 2.15. The van der Waals surface area contributed by atoms with Crippen LogP contribution < -0.4 is 16.6 Å². The number of benzene rings is 2. The van der Waals surface area contributed by atoms with Gasteiger partial charge in [0.1, 0.15) is 0 Å². The van der Waals surface area contributed by atoms with Crippen molar-refractivity contribution in [2.75, 3.05) is 19.6 Å². The molecule has 0 spiro atoms. The third kappa shape index (κ3) is 3.44. The van der Waals surface area contributed by atoms with E-state index in [1.54, 1.807) is 0 Å². The Balaban J connectivity index is 1.50. The summed E-state index contributed by atoms with van der Waals surface area (Å²) in [5, 5.41) is 0. The van der Waals surface area contributed by atoms with E-state index >= 15 is 0 Å². The Morgan fingerprint density at radius 3 is 2.48 bits per heavy atom. The molecule has 2 aliphatic rings. The van der Waals surface area contributed by atoms with Crippen molar-refractivity contribution in [1.82, 2.24) is 15.8 Å². The SMILES string of the molecule is NC(=O)CN1CCC2NNC(c3ccc(-c4ccccc4)cc3)C2C1. The molecule has 0 radical (unpaired) electrons. The number of hydrogen-bond donors (Lipinski definition) is 3. The summed E-state index contributed by atoms with van der Waals surface area (Å²) >= 11 is 0. The maximum absolute atomic E-state index is 11.2. The molecule has 5 nitrogen and oxygen atoms in total. The molecule has 25 heavy (non-hydrogen) atoms. The van der Waals surface area contributed by atoms with E-state index in [4.69, 9.17) is 5.73 Å². The molecule has 3 unspecified atom stereocenters. The average Bonchev–Trinajstić information content (AvgIpc) is 3.05. The van der Waals surface area contributed by atoms with E-state index in [9.17, 15) is 4.79 Å². The van der Waals surface area contributed by atoms with Gasteiger partial charge in [0.2, 0.25) is 5.91 Å². The minimum Gasteiger partial charge on any atom is -0.369 e. The molecule has 3 atom stereocenters. The number of amides is 1. The molecule has 0 aliphatic carbocycles. The molecule has 4 N–H and O–H groups in total. The molecule has 0 bridgehead atoms. The van der Waals surface area contributed by atoms with Gasteiger partial charge in [0.15, 0.2) is 0 Å². The van der Waals surface area contributed by atoms with E-state index < -0.39 is 0 Å². The van der Waals surface area contributed by atoms with E-state index in [2.05, 4.69) is 64.3 Å². The zero-order chi connectivity index (χ0) is 17.2. The Morgan fingerprint density at radius 2 is 1.76 bits per heavy atom. The van der Waals surface area contributed by atoms with Crippen LogP contribution in [0.3, 0.4) is 0 Å². The van der Waals surface area contributed by atoms with Crippen molar-refractivity contribution in [3.05, 3.63) is 60.2 Å². The molecular weight excluding hydrogens is 312 g/mol. The van der Waals surface area contributed by atoms with Crippen LogP contribution in [0.25, 0.3) is 11.1 Å². The molecule has 1 amide bonds. The van der Waals surface area contributed by atoms with Crippen LogP contribution in [0, 0.1) is 5.92 Å². The van der Waals surface area contributed by atoms with E-state index in [1.165, 1.54) is 16.7 Å². The van der Waals surface area contributed by atoms with Gasteiger partial charge in [-0.3, -0.25) is 15.1 Å². The molecule has 0 saturated carbocycles. The van der Waals surface area contributed by atoms with Crippen LogP contribution in [-0.2, 0) is 4.79 Å². The van der Waals surface area contributed by atoms with Gasteiger partial charge in [-0.15, -0.1) is 0 Å². The van der Waals surface area contributed by atoms with E-state index in [1.807, 2.05) is 6.07 Å². The largest absolute Gasteiger partial charge is 0.369 e. The zero-order valence-electron chi connectivity index (χ0n) is 14.2. The third-order valence-electron chi connectivity index (χ3n) is 5.35. The highest BCUT2D eigenvalue weighted by Gasteiger charge is 2.40. The fraction of sp³-hybridized carbons (Fsp3) is 0.350. The van der Waals surface area contributed by atoms with Crippen molar-refractivity contribution < 1.29 is 4.79 Å². The number of nitrogens with two attached hydrogens (primary N) is 1. The number of hydrogen-bond acceptors (Lipinski definition) is 4. The monoisotopic (exact) mass is 336 g/mol. The number of rotatable bonds is 4.